The first-order valence-electron chi connectivity index (χ1n) is 8.30. The van der Waals surface area contributed by atoms with Gasteiger partial charge in [0, 0.05) is 12.1 Å². The van der Waals surface area contributed by atoms with E-state index in [1.54, 1.807) is 18.2 Å². The molecule has 0 radical (unpaired) electrons. The van der Waals surface area contributed by atoms with Gasteiger partial charge in [0.2, 0.25) is 11.7 Å². The fourth-order valence-electron chi connectivity index (χ4n) is 2.86. The van der Waals surface area contributed by atoms with Gasteiger partial charge in [-0.15, -0.1) is 0 Å². The third-order valence-electron chi connectivity index (χ3n) is 4.29. The Labute approximate surface area is 144 Å². The van der Waals surface area contributed by atoms with Crippen LogP contribution in [0.25, 0.3) is 11.4 Å². The van der Waals surface area contributed by atoms with E-state index < -0.39 is 0 Å². The smallest absolute Gasteiger partial charge is 0.231 e. The van der Waals surface area contributed by atoms with Crippen LogP contribution in [0.3, 0.4) is 0 Å². The van der Waals surface area contributed by atoms with E-state index in [4.69, 9.17) is 9.26 Å². The largest absolute Gasteiger partial charge is 0.486 e. The molecule has 4 rings (SSSR count). The lowest BCUT2D eigenvalue weighted by molar-refractivity contribution is 0.290. The number of hydrogen-bond acceptors (Lipinski definition) is 5. The first-order valence-corrected chi connectivity index (χ1v) is 8.30. The second-order valence-electron chi connectivity index (χ2n) is 6.06. The van der Waals surface area contributed by atoms with Crippen LogP contribution in [0.1, 0.15) is 23.8 Å². The molecule has 0 unspecified atom stereocenters. The van der Waals surface area contributed by atoms with Crippen molar-refractivity contribution in [3.05, 3.63) is 65.8 Å². The van der Waals surface area contributed by atoms with Crippen molar-refractivity contribution in [3.8, 4) is 17.1 Å². The molecule has 0 spiro atoms. The normalized spacial score (nSPS) is 16.9. The number of nitrogens with zero attached hydrogens (tertiary/aromatic N) is 2. The number of nitrogens with one attached hydrogen (secondary N) is 1. The van der Waals surface area contributed by atoms with Gasteiger partial charge in [-0.3, -0.25) is 0 Å². The molecule has 128 valence electrons. The van der Waals surface area contributed by atoms with Gasteiger partial charge in [-0.2, -0.15) is 4.98 Å². The maximum Gasteiger partial charge on any atom is 0.231 e. The second kappa shape index (κ2) is 7.03. The summed E-state index contributed by atoms with van der Waals surface area (Å²) < 4.78 is 24.4. The molecule has 1 N–H and O–H groups in total. The van der Waals surface area contributed by atoms with E-state index >= 15 is 0 Å². The zero-order valence-electron chi connectivity index (χ0n) is 13.6. The van der Waals surface area contributed by atoms with Crippen LogP contribution in [-0.4, -0.2) is 23.2 Å². The van der Waals surface area contributed by atoms with Gasteiger partial charge in [0.15, 0.2) is 11.6 Å². The molecule has 25 heavy (non-hydrogen) atoms. The van der Waals surface area contributed by atoms with Crippen LogP contribution in [-0.2, 0) is 6.61 Å². The highest BCUT2D eigenvalue weighted by molar-refractivity contribution is 5.54. The molecule has 1 atom stereocenters. The number of hydrogen-bond donors (Lipinski definition) is 1. The van der Waals surface area contributed by atoms with Gasteiger partial charge < -0.3 is 14.6 Å². The van der Waals surface area contributed by atoms with E-state index in [0.717, 1.165) is 30.6 Å². The summed E-state index contributed by atoms with van der Waals surface area (Å²) in [5.74, 6) is 1.46. The highest BCUT2D eigenvalue weighted by Crippen LogP contribution is 2.24. The topological polar surface area (TPSA) is 60.2 Å². The minimum atomic E-state index is -0.361. The van der Waals surface area contributed by atoms with E-state index in [-0.39, 0.29) is 11.6 Å². The molecule has 0 bridgehead atoms. The van der Waals surface area contributed by atoms with Crippen molar-refractivity contribution in [2.24, 2.45) is 0 Å². The Bertz CT molecular complexity index is 842. The lowest BCUT2D eigenvalue weighted by atomic mass is 10.1. The van der Waals surface area contributed by atoms with Crippen molar-refractivity contribution in [1.82, 2.24) is 15.5 Å². The first kappa shape index (κ1) is 15.8. The molecular weight excluding hydrogens is 321 g/mol. The fraction of sp³-hybridized carbons (Fsp3) is 0.263. The summed E-state index contributed by atoms with van der Waals surface area (Å²) in [7, 11) is 0. The Kier molecular flexibility index (Phi) is 4.43. The molecule has 0 amide bonds. The quantitative estimate of drug-likeness (QED) is 0.770. The summed E-state index contributed by atoms with van der Waals surface area (Å²) in [6.07, 6.45) is 1.02. The summed E-state index contributed by atoms with van der Waals surface area (Å²) in [6, 6.07) is 14.1. The molecule has 1 saturated heterocycles. The van der Waals surface area contributed by atoms with Crippen molar-refractivity contribution in [3.63, 3.8) is 0 Å². The van der Waals surface area contributed by atoms with Crippen molar-refractivity contribution in [1.29, 1.82) is 0 Å². The van der Waals surface area contributed by atoms with E-state index in [2.05, 4.69) is 15.5 Å². The molecule has 1 fully saturated rings. The van der Waals surface area contributed by atoms with Gasteiger partial charge >= 0.3 is 0 Å². The Balaban J connectivity index is 1.42. The van der Waals surface area contributed by atoms with Gasteiger partial charge in [-0.1, -0.05) is 41.6 Å². The second-order valence-corrected chi connectivity index (χ2v) is 6.06. The molecule has 1 aliphatic rings. The lowest BCUT2D eigenvalue weighted by Gasteiger charge is -2.07. The van der Waals surface area contributed by atoms with E-state index in [1.807, 2.05) is 24.3 Å². The highest BCUT2D eigenvalue weighted by atomic mass is 19.1. The predicted molar refractivity (Wildman–Crippen MR) is 90.7 cm³/mol. The van der Waals surface area contributed by atoms with Crippen LogP contribution in [0.4, 0.5) is 4.39 Å². The third kappa shape index (κ3) is 3.53. The summed E-state index contributed by atoms with van der Waals surface area (Å²) in [5.41, 5.74) is 1.83. The Morgan fingerprint density at radius 1 is 1.16 bits per heavy atom. The predicted octanol–water partition coefficient (Wildman–Crippen LogP) is 3.53. The number of para-hydroxylation sites is 1. The summed E-state index contributed by atoms with van der Waals surface area (Å²) in [6.45, 7) is 2.17. The molecule has 2 aromatic carbocycles. The standard InChI is InChI=1S/C19H18FN3O2/c20-16-3-1-2-4-17(16)24-12-13-5-7-14(8-6-13)18-22-19(25-23-18)15-9-10-21-11-15/h1-8,15,21H,9-12H2/t15-/m0/s1. The minimum Gasteiger partial charge on any atom is -0.486 e. The molecule has 0 aliphatic carbocycles. The zero-order valence-corrected chi connectivity index (χ0v) is 13.6. The fourth-order valence-corrected chi connectivity index (χ4v) is 2.86. The molecule has 5 nitrogen and oxygen atoms in total. The number of aromatic nitrogens is 2. The van der Waals surface area contributed by atoms with Gasteiger partial charge in [0.25, 0.3) is 0 Å². The van der Waals surface area contributed by atoms with Crippen LogP contribution in [0.15, 0.2) is 53.1 Å². The zero-order chi connectivity index (χ0) is 17.1. The van der Waals surface area contributed by atoms with E-state index in [0.29, 0.717) is 24.2 Å². The van der Waals surface area contributed by atoms with Crippen LogP contribution in [0, 0.1) is 5.82 Å². The third-order valence-corrected chi connectivity index (χ3v) is 4.29. The molecule has 1 aliphatic heterocycles. The molecule has 3 aromatic rings. The van der Waals surface area contributed by atoms with Gasteiger partial charge in [-0.25, -0.2) is 4.39 Å². The van der Waals surface area contributed by atoms with Crippen molar-refractivity contribution in [2.75, 3.05) is 13.1 Å². The number of ether oxygens (including phenoxy) is 1. The molecule has 0 saturated carbocycles. The Hall–Kier alpha value is -2.73. The Morgan fingerprint density at radius 2 is 2.00 bits per heavy atom. The summed E-state index contributed by atoms with van der Waals surface area (Å²) >= 11 is 0. The Morgan fingerprint density at radius 3 is 2.76 bits per heavy atom. The van der Waals surface area contributed by atoms with Crippen molar-refractivity contribution in [2.45, 2.75) is 18.9 Å². The molecule has 1 aromatic heterocycles. The molecule has 6 heteroatoms. The van der Waals surface area contributed by atoms with Gasteiger partial charge in [0.1, 0.15) is 6.61 Å². The highest BCUT2D eigenvalue weighted by Gasteiger charge is 2.22. The summed E-state index contributed by atoms with van der Waals surface area (Å²) in [5, 5.41) is 7.36. The monoisotopic (exact) mass is 339 g/mol. The number of rotatable bonds is 5. The van der Waals surface area contributed by atoms with Crippen LogP contribution >= 0.6 is 0 Å². The average Bonchev–Trinajstić information content (AvgIpc) is 3.33. The molecular formula is C19H18FN3O2. The SMILES string of the molecule is Fc1ccccc1OCc1ccc(-c2noc([C@H]3CCNC3)n2)cc1. The maximum atomic E-state index is 13.6. The number of halogens is 1. The first-order chi connectivity index (χ1) is 12.3. The maximum absolute atomic E-state index is 13.6. The minimum absolute atomic E-state index is 0.250. The lowest BCUT2D eigenvalue weighted by Crippen LogP contribution is -2.08. The van der Waals surface area contributed by atoms with Crippen molar-refractivity contribution >= 4 is 0 Å². The van der Waals surface area contributed by atoms with E-state index in [1.165, 1.54) is 6.07 Å². The summed E-state index contributed by atoms with van der Waals surface area (Å²) in [4.78, 5) is 4.50. The average molecular weight is 339 g/mol. The van der Waals surface area contributed by atoms with Gasteiger partial charge in [0.05, 0.1) is 5.92 Å². The molecule has 2 heterocycles. The van der Waals surface area contributed by atoms with Crippen LogP contribution in [0.5, 0.6) is 5.75 Å². The van der Waals surface area contributed by atoms with Crippen LogP contribution in [0.2, 0.25) is 0 Å². The van der Waals surface area contributed by atoms with Crippen LogP contribution < -0.4 is 10.1 Å². The van der Waals surface area contributed by atoms with E-state index in [9.17, 15) is 4.39 Å². The number of benzene rings is 2. The van der Waals surface area contributed by atoms with Crippen molar-refractivity contribution < 1.29 is 13.7 Å². The van der Waals surface area contributed by atoms with Gasteiger partial charge in [-0.05, 0) is 30.7 Å².